The first-order valence-electron chi connectivity index (χ1n) is 8.41. The van der Waals surface area contributed by atoms with Gasteiger partial charge < -0.3 is 5.32 Å². The van der Waals surface area contributed by atoms with Gasteiger partial charge in [0.2, 0.25) is 0 Å². The van der Waals surface area contributed by atoms with Crippen molar-refractivity contribution in [1.82, 2.24) is 5.32 Å². The van der Waals surface area contributed by atoms with Gasteiger partial charge in [0.05, 0.1) is 11.6 Å². The summed E-state index contributed by atoms with van der Waals surface area (Å²) in [6, 6.07) is 3.02. The average Bonchev–Trinajstić information content (AvgIpc) is 2.62. The van der Waals surface area contributed by atoms with Crippen LogP contribution in [0, 0.1) is 17.1 Å². The molecule has 1 amide bonds. The van der Waals surface area contributed by atoms with E-state index in [2.05, 4.69) is 18.5 Å². The fourth-order valence-electron chi connectivity index (χ4n) is 2.48. The molecule has 0 spiro atoms. The lowest BCUT2D eigenvalue weighted by molar-refractivity contribution is -0.137. The van der Waals surface area contributed by atoms with Gasteiger partial charge in [0.25, 0.3) is 5.91 Å². The number of alkyl halides is 3. The predicted molar refractivity (Wildman–Crippen MR) is 100 cm³/mol. The fourth-order valence-corrected chi connectivity index (χ4v) is 2.48. The zero-order valence-electron chi connectivity index (χ0n) is 15.3. The molecule has 0 fully saturated rings. The molecular weight excluding hydrogens is 372 g/mol. The van der Waals surface area contributed by atoms with Gasteiger partial charge in [-0.3, -0.25) is 4.79 Å². The van der Waals surface area contributed by atoms with E-state index < -0.39 is 35.1 Å². The lowest BCUT2D eigenvalue weighted by Crippen LogP contribution is -2.36. The van der Waals surface area contributed by atoms with Crippen LogP contribution in [0.3, 0.4) is 0 Å². The smallest absolute Gasteiger partial charge is 0.345 e. The van der Waals surface area contributed by atoms with Gasteiger partial charge in [-0.05, 0) is 41.8 Å². The Kier molecular flexibility index (Phi) is 8.39. The molecule has 0 unspecified atom stereocenters. The number of hydrogen-bond donors (Lipinski definition) is 1. The van der Waals surface area contributed by atoms with Crippen LogP contribution in [0.4, 0.5) is 17.6 Å². The highest BCUT2D eigenvalue weighted by molar-refractivity contribution is 6.02. The second-order valence-corrected chi connectivity index (χ2v) is 5.86. The molecule has 0 aromatic heterocycles. The van der Waals surface area contributed by atoms with Crippen molar-refractivity contribution in [2.45, 2.75) is 32.0 Å². The molecule has 0 saturated heterocycles. The molecule has 1 N–H and O–H groups in total. The number of carbonyl (C=O) groups is 1. The van der Waals surface area contributed by atoms with E-state index in [1.165, 1.54) is 6.08 Å². The Hall–Kier alpha value is -3.14. The minimum Gasteiger partial charge on any atom is -0.345 e. The first-order chi connectivity index (χ1) is 13.2. The molecule has 148 valence electrons. The number of nitrogens with one attached hydrogen (secondary N) is 1. The summed E-state index contributed by atoms with van der Waals surface area (Å²) >= 11 is 0. The minimum absolute atomic E-state index is 0.239. The molecule has 1 rings (SSSR count). The Morgan fingerprint density at radius 2 is 2.00 bits per heavy atom. The van der Waals surface area contributed by atoms with Crippen molar-refractivity contribution in [1.29, 1.82) is 5.26 Å². The first kappa shape index (κ1) is 22.9. The van der Waals surface area contributed by atoms with Crippen LogP contribution in [0.1, 0.15) is 30.9 Å². The molecule has 0 aliphatic carbocycles. The van der Waals surface area contributed by atoms with Crippen LogP contribution in [-0.4, -0.2) is 11.9 Å². The highest BCUT2D eigenvalue weighted by Crippen LogP contribution is 2.31. The van der Waals surface area contributed by atoms with E-state index in [4.69, 9.17) is 0 Å². The van der Waals surface area contributed by atoms with Crippen LogP contribution < -0.4 is 5.32 Å². The number of nitriles is 1. The molecule has 1 aromatic rings. The van der Waals surface area contributed by atoms with Gasteiger partial charge in [-0.1, -0.05) is 44.7 Å². The van der Waals surface area contributed by atoms with Gasteiger partial charge in [0.15, 0.2) is 0 Å². The summed E-state index contributed by atoms with van der Waals surface area (Å²) in [6.45, 7) is 9.16. The Bertz CT molecular complexity index is 845. The van der Waals surface area contributed by atoms with Gasteiger partial charge in [-0.25, -0.2) is 4.39 Å². The molecule has 0 aliphatic rings. The molecule has 7 heteroatoms. The predicted octanol–water partition coefficient (Wildman–Crippen LogP) is 5.33. The summed E-state index contributed by atoms with van der Waals surface area (Å²) < 4.78 is 52.0. The Labute approximate surface area is 161 Å². The van der Waals surface area contributed by atoms with Crippen molar-refractivity contribution < 1.29 is 22.4 Å². The molecule has 0 radical (unpaired) electrons. The normalized spacial score (nSPS) is 13.4. The van der Waals surface area contributed by atoms with Gasteiger partial charge in [-0.2, -0.15) is 18.4 Å². The van der Waals surface area contributed by atoms with Gasteiger partial charge in [0.1, 0.15) is 17.5 Å². The monoisotopic (exact) mass is 392 g/mol. The van der Waals surface area contributed by atoms with Crippen molar-refractivity contribution in [2.75, 3.05) is 0 Å². The van der Waals surface area contributed by atoms with E-state index in [0.717, 1.165) is 18.6 Å². The maximum atomic E-state index is 13.5. The number of nitrogens with zero attached hydrogens (tertiary/aromatic N) is 1. The molecule has 0 heterocycles. The van der Waals surface area contributed by atoms with Crippen molar-refractivity contribution in [3.8, 4) is 6.07 Å². The lowest BCUT2D eigenvalue weighted by Gasteiger charge is -2.19. The lowest BCUT2D eigenvalue weighted by atomic mass is 10.0. The van der Waals surface area contributed by atoms with Crippen molar-refractivity contribution in [3.63, 3.8) is 0 Å². The number of amides is 1. The van der Waals surface area contributed by atoms with E-state index in [1.54, 1.807) is 18.2 Å². The molecule has 28 heavy (non-hydrogen) atoms. The number of halogens is 4. The highest BCUT2D eigenvalue weighted by Gasteiger charge is 2.31. The summed E-state index contributed by atoms with van der Waals surface area (Å²) in [6.07, 6.45) is 2.16. The largest absolute Gasteiger partial charge is 0.416 e. The van der Waals surface area contributed by atoms with E-state index in [0.29, 0.717) is 24.1 Å². The number of benzene rings is 1. The van der Waals surface area contributed by atoms with E-state index in [1.807, 2.05) is 6.92 Å². The number of rotatable bonds is 8. The zero-order valence-corrected chi connectivity index (χ0v) is 15.3. The maximum Gasteiger partial charge on any atom is 0.416 e. The van der Waals surface area contributed by atoms with E-state index in [9.17, 15) is 27.6 Å². The van der Waals surface area contributed by atoms with E-state index >= 15 is 0 Å². The van der Waals surface area contributed by atoms with E-state index in [-0.39, 0.29) is 5.56 Å². The Morgan fingerprint density at radius 3 is 2.50 bits per heavy atom. The number of allylic oxidation sites excluding steroid dienone is 2. The third-order valence-corrected chi connectivity index (χ3v) is 3.75. The van der Waals surface area contributed by atoms with Crippen molar-refractivity contribution >= 4 is 12.0 Å². The van der Waals surface area contributed by atoms with Crippen molar-refractivity contribution in [2.24, 2.45) is 0 Å². The SMILES string of the molecule is C=C/C=C(\C=C)[C@H](CCC)NC(=O)/C(C#N)=C/c1cc(F)cc(C(F)(F)F)c1. The molecule has 0 aliphatic heterocycles. The van der Waals surface area contributed by atoms with Crippen LogP contribution in [0.5, 0.6) is 0 Å². The molecule has 3 nitrogen and oxygen atoms in total. The number of carbonyl (C=O) groups excluding carboxylic acids is 1. The summed E-state index contributed by atoms with van der Waals surface area (Å²) in [4.78, 5) is 12.5. The third-order valence-electron chi connectivity index (χ3n) is 3.75. The summed E-state index contributed by atoms with van der Waals surface area (Å²) in [5.41, 5.74) is -1.21. The molecule has 1 atom stereocenters. The topological polar surface area (TPSA) is 52.9 Å². The minimum atomic E-state index is -4.75. The second kappa shape index (κ2) is 10.3. The van der Waals surface area contributed by atoms with Crippen LogP contribution in [0.15, 0.2) is 60.7 Å². The van der Waals surface area contributed by atoms with Gasteiger partial charge >= 0.3 is 6.18 Å². The van der Waals surface area contributed by atoms with Gasteiger partial charge in [0, 0.05) is 0 Å². The standard InChI is InChI=1S/C21H20F4N2O/c1-4-7-15(6-3)19(8-5-2)27-20(28)16(13-26)9-14-10-17(21(23,24)25)12-18(22)11-14/h4,6-7,9-12,19H,1,3,5,8H2,2H3,(H,27,28)/b15-7+,16-9+/t19-/m0/s1. The fraction of sp³-hybridized carbons (Fsp3) is 0.238. The highest BCUT2D eigenvalue weighted by atomic mass is 19.4. The molecule has 0 bridgehead atoms. The van der Waals surface area contributed by atoms with Crippen LogP contribution >= 0.6 is 0 Å². The molecular formula is C21H20F4N2O. The second-order valence-electron chi connectivity index (χ2n) is 5.86. The summed E-state index contributed by atoms with van der Waals surface area (Å²) in [7, 11) is 0. The van der Waals surface area contributed by atoms with Crippen LogP contribution in [0.2, 0.25) is 0 Å². The van der Waals surface area contributed by atoms with Crippen molar-refractivity contribution in [3.05, 3.63) is 77.7 Å². The zero-order chi connectivity index (χ0) is 21.3. The average molecular weight is 392 g/mol. The van der Waals surface area contributed by atoms with Crippen LogP contribution in [0.25, 0.3) is 6.08 Å². The van der Waals surface area contributed by atoms with Gasteiger partial charge in [-0.15, -0.1) is 0 Å². The Balaban J connectivity index is 3.22. The maximum absolute atomic E-state index is 13.5. The Morgan fingerprint density at radius 1 is 1.32 bits per heavy atom. The molecule has 0 saturated carbocycles. The summed E-state index contributed by atoms with van der Waals surface area (Å²) in [5.74, 6) is -1.90. The third kappa shape index (κ3) is 6.54. The quantitative estimate of drug-likeness (QED) is 0.281. The van der Waals surface area contributed by atoms with Crippen LogP contribution in [-0.2, 0) is 11.0 Å². The number of hydrogen-bond acceptors (Lipinski definition) is 2. The first-order valence-corrected chi connectivity index (χ1v) is 8.41. The summed E-state index contributed by atoms with van der Waals surface area (Å²) in [5, 5.41) is 11.9. The molecule has 1 aromatic carbocycles.